The fourth-order valence-corrected chi connectivity index (χ4v) is 0. The Hall–Kier alpha value is 0.177. The quantitative estimate of drug-likeness (QED) is 0.185. The molecule has 200 valence electrons. The first-order chi connectivity index (χ1) is 13.0. The predicted molar refractivity (Wildman–Crippen MR) is 63.0 cm³/mol. The maximum Gasteiger partial charge on any atom is 4.00 e. The number of hydrogen-bond acceptors (Lipinski definition) is 12. The van der Waals surface area contributed by atoms with Crippen LogP contribution in [0.1, 0.15) is 0 Å². The van der Waals surface area contributed by atoms with Gasteiger partial charge in [0, 0.05) is 0 Å². The smallest absolute Gasteiger partial charge is 0.741 e. The molecular formula is C4CeF12O12S4. The largest absolute Gasteiger partial charge is 4.00 e. The molecule has 0 aromatic carbocycles. The molecule has 0 atom stereocenters. The van der Waals surface area contributed by atoms with Gasteiger partial charge in [-0.15, -0.1) is 0 Å². The molecule has 29 heteroatoms. The van der Waals surface area contributed by atoms with Crippen LogP contribution in [0.15, 0.2) is 0 Å². The first-order valence-corrected chi connectivity index (χ1v) is 10.7. The van der Waals surface area contributed by atoms with E-state index in [1.165, 1.54) is 0 Å². The van der Waals surface area contributed by atoms with Crippen LogP contribution in [-0.4, -0.2) is 73.9 Å². The van der Waals surface area contributed by atoms with E-state index in [1.807, 2.05) is 0 Å². The monoisotopic (exact) mass is 736 g/mol. The van der Waals surface area contributed by atoms with Crippen molar-refractivity contribution in [2.24, 2.45) is 0 Å². The van der Waals surface area contributed by atoms with E-state index in [1.54, 1.807) is 0 Å². The van der Waals surface area contributed by atoms with Gasteiger partial charge in [-0.1, -0.05) is 0 Å². The summed E-state index contributed by atoms with van der Waals surface area (Å²) in [5.74, 6) is 0. The van der Waals surface area contributed by atoms with Crippen LogP contribution >= 0.6 is 0 Å². The van der Waals surface area contributed by atoms with E-state index in [0.717, 1.165) is 0 Å². The first kappa shape index (κ1) is 43.3. The average molecular weight is 736 g/mol. The molecule has 0 aliphatic carbocycles. The minimum Gasteiger partial charge on any atom is -0.741 e. The SMILES string of the molecule is O=S(=O)([O-])C(F)(F)F.O=S(=O)([O-])C(F)(F)F.O=S(=O)([O-])C(F)(F)F.O=S(=O)([O-])C(F)(F)F.[Ce+4]. The molecule has 0 fully saturated rings. The van der Waals surface area contributed by atoms with Gasteiger partial charge in [0.1, 0.15) is 0 Å². The van der Waals surface area contributed by atoms with Gasteiger partial charge in [-0.25, -0.2) is 33.7 Å². The van der Waals surface area contributed by atoms with Crippen molar-refractivity contribution in [1.29, 1.82) is 0 Å². The molecule has 0 N–H and O–H groups in total. The maximum atomic E-state index is 10.7. The van der Waals surface area contributed by atoms with Gasteiger partial charge in [-0.05, 0) is 0 Å². The molecule has 0 aliphatic rings. The van der Waals surface area contributed by atoms with E-state index >= 15 is 0 Å². The molecule has 0 aromatic heterocycles. The van der Waals surface area contributed by atoms with Gasteiger partial charge in [-0.3, -0.25) is 0 Å². The van der Waals surface area contributed by atoms with Crippen LogP contribution in [0.5, 0.6) is 0 Å². The third-order valence-corrected chi connectivity index (χ3v) is 3.40. The van der Waals surface area contributed by atoms with Gasteiger partial charge < -0.3 is 18.2 Å². The molecule has 0 saturated heterocycles. The van der Waals surface area contributed by atoms with Crippen molar-refractivity contribution in [2.75, 3.05) is 0 Å². The molecular weight excluding hydrogens is 736 g/mol. The zero-order valence-electron chi connectivity index (χ0n) is 13.6. The van der Waals surface area contributed by atoms with Crippen LogP contribution in [0.4, 0.5) is 52.7 Å². The Bertz CT molecular complexity index is 828. The first-order valence-electron chi connectivity index (χ1n) is 5.08. The van der Waals surface area contributed by atoms with Crippen LogP contribution in [0.2, 0.25) is 0 Å². The standard InChI is InChI=1S/4CHF3O3S.Ce/c4*2-1(3,4)8(5,6)7;/h4*(H,5,6,7);/q;;;;+4/p-4. The third-order valence-electron chi connectivity index (χ3n) is 1.13. The molecule has 0 radical (unpaired) electrons. The van der Waals surface area contributed by atoms with Crippen molar-refractivity contribution < 1.29 is 146 Å². The van der Waals surface area contributed by atoms with Crippen molar-refractivity contribution in [2.45, 2.75) is 22.0 Å². The molecule has 0 rings (SSSR count). The van der Waals surface area contributed by atoms with Crippen LogP contribution in [0, 0.1) is 41.7 Å². The zero-order chi connectivity index (χ0) is 28.0. The van der Waals surface area contributed by atoms with Crippen molar-refractivity contribution >= 4 is 40.5 Å². The average Bonchev–Trinajstić information content (AvgIpc) is 2.30. The molecule has 0 heterocycles. The Kier molecular flexibility index (Phi) is 17.7. The predicted octanol–water partition coefficient (Wildman–Crippen LogP) is 0.206. The van der Waals surface area contributed by atoms with Gasteiger partial charge >= 0.3 is 63.8 Å². The van der Waals surface area contributed by atoms with Crippen LogP contribution in [0.3, 0.4) is 0 Å². The summed E-state index contributed by atoms with van der Waals surface area (Å²) in [4.78, 5) is 0. The molecule has 12 nitrogen and oxygen atoms in total. The van der Waals surface area contributed by atoms with E-state index in [0.29, 0.717) is 0 Å². The van der Waals surface area contributed by atoms with Crippen molar-refractivity contribution in [1.82, 2.24) is 0 Å². The number of halogens is 12. The fraction of sp³-hybridized carbons (Fsp3) is 1.00. The van der Waals surface area contributed by atoms with Crippen LogP contribution in [-0.2, 0) is 40.5 Å². The summed E-state index contributed by atoms with van der Waals surface area (Å²) in [5.41, 5.74) is -22.6. The molecule has 0 aromatic rings. The summed E-state index contributed by atoms with van der Waals surface area (Å²) in [6.45, 7) is 0. The molecule has 0 bridgehead atoms. The van der Waals surface area contributed by atoms with Crippen molar-refractivity contribution in [3.63, 3.8) is 0 Å². The van der Waals surface area contributed by atoms with E-state index in [4.69, 9.17) is 51.9 Å². The van der Waals surface area contributed by atoms with E-state index in [9.17, 15) is 52.7 Å². The maximum absolute atomic E-state index is 10.7. The van der Waals surface area contributed by atoms with Gasteiger partial charge in [-0.2, -0.15) is 52.7 Å². The summed E-state index contributed by atoms with van der Waals surface area (Å²) in [6.07, 6.45) is 0. The topological polar surface area (TPSA) is 229 Å². The second-order valence-electron chi connectivity index (χ2n) is 3.60. The third kappa shape index (κ3) is 22.4. The Labute approximate surface area is 207 Å². The summed E-state index contributed by atoms with van der Waals surface area (Å²) in [5, 5.41) is 0. The van der Waals surface area contributed by atoms with Crippen molar-refractivity contribution in [3.05, 3.63) is 0 Å². The van der Waals surface area contributed by atoms with Gasteiger partial charge in [0.05, 0.1) is 0 Å². The van der Waals surface area contributed by atoms with Crippen molar-refractivity contribution in [3.8, 4) is 0 Å². The van der Waals surface area contributed by atoms with Crippen LogP contribution < -0.4 is 0 Å². The Balaban J connectivity index is -0.000000105. The van der Waals surface area contributed by atoms with Crippen LogP contribution in [0.25, 0.3) is 0 Å². The Morgan fingerprint density at radius 3 is 0.364 bits per heavy atom. The fourth-order valence-electron chi connectivity index (χ4n) is 0. The van der Waals surface area contributed by atoms with E-state index in [2.05, 4.69) is 0 Å². The van der Waals surface area contributed by atoms with E-state index < -0.39 is 62.5 Å². The molecule has 0 amide bonds. The number of rotatable bonds is 0. The molecule has 0 spiro atoms. The second-order valence-corrected chi connectivity index (χ2v) is 9.08. The Morgan fingerprint density at radius 2 is 0.364 bits per heavy atom. The normalized spacial score (nSPS) is 13.6. The summed E-state index contributed by atoms with van der Waals surface area (Å²) < 4.78 is 236. The minimum absolute atomic E-state index is 0. The molecule has 0 unspecified atom stereocenters. The van der Waals surface area contributed by atoms with Gasteiger partial charge in [0.2, 0.25) is 0 Å². The second kappa shape index (κ2) is 13.5. The van der Waals surface area contributed by atoms with Gasteiger partial charge in [0.15, 0.2) is 40.5 Å². The van der Waals surface area contributed by atoms with E-state index in [-0.39, 0.29) is 41.7 Å². The van der Waals surface area contributed by atoms with Gasteiger partial charge in [0.25, 0.3) is 0 Å². The molecule has 0 saturated carbocycles. The molecule has 33 heavy (non-hydrogen) atoms. The summed E-state index contributed by atoms with van der Waals surface area (Å²) in [6, 6.07) is 0. The minimum atomic E-state index is -6.09. The Morgan fingerprint density at radius 1 is 0.333 bits per heavy atom. The number of hydrogen-bond donors (Lipinski definition) is 0. The number of alkyl halides is 12. The molecule has 0 aliphatic heterocycles. The zero-order valence-corrected chi connectivity index (χ0v) is 20.0. The summed E-state index contributed by atoms with van der Waals surface area (Å²) in [7, 11) is -24.4. The summed E-state index contributed by atoms with van der Waals surface area (Å²) >= 11 is 0.